The number of likely N-dealkylation sites (tertiary alicyclic amines) is 1. The molecule has 23 heavy (non-hydrogen) atoms. The van der Waals surface area contributed by atoms with Crippen molar-refractivity contribution in [1.29, 1.82) is 0 Å². The van der Waals surface area contributed by atoms with Crippen LogP contribution in [-0.4, -0.2) is 46.1 Å². The summed E-state index contributed by atoms with van der Waals surface area (Å²) in [5, 5.41) is 4.30. The highest BCUT2D eigenvalue weighted by Gasteiger charge is 2.27. The molecular weight excluding hydrogens is 288 g/mol. The van der Waals surface area contributed by atoms with Crippen molar-refractivity contribution in [3.63, 3.8) is 0 Å². The van der Waals surface area contributed by atoms with Crippen LogP contribution in [0.1, 0.15) is 40.4 Å². The van der Waals surface area contributed by atoms with Crippen molar-refractivity contribution >= 4 is 5.91 Å². The first kappa shape index (κ1) is 15.7. The van der Waals surface area contributed by atoms with E-state index in [1.165, 1.54) is 24.0 Å². The molecule has 0 bridgehead atoms. The molecule has 1 aliphatic rings. The maximum atomic E-state index is 12.1. The fourth-order valence-corrected chi connectivity index (χ4v) is 3.30. The Morgan fingerprint density at radius 3 is 2.91 bits per heavy atom. The molecule has 1 aromatic carbocycles. The lowest BCUT2D eigenvalue weighted by molar-refractivity contribution is 0.0827. The van der Waals surface area contributed by atoms with Gasteiger partial charge in [0, 0.05) is 51.1 Å². The van der Waals surface area contributed by atoms with Crippen LogP contribution in [0.4, 0.5) is 0 Å². The fraction of sp³-hybridized carbons (Fsp3) is 0.444. The minimum Gasteiger partial charge on any atom is -0.345 e. The third-order valence-electron chi connectivity index (χ3n) is 4.44. The summed E-state index contributed by atoms with van der Waals surface area (Å²) < 4.78 is 1.86. The summed E-state index contributed by atoms with van der Waals surface area (Å²) in [6.45, 7) is 1.96. The van der Waals surface area contributed by atoms with Gasteiger partial charge in [-0.05, 0) is 37.1 Å². The molecule has 1 amide bonds. The number of aryl methyl sites for hydroxylation is 1. The zero-order valence-electron chi connectivity index (χ0n) is 14.1. The molecule has 1 fully saturated rings. The van der Waals surface area contributed by atoms with Gasteiger partial charge in [0.25, 0.3) is 5.91 Å². The molecule has 3 rings (SSSR count). The molecule has 0 saturated carbocycles. The van der Waals surface area contributed by atoms with Gasteiger partial charge in [-0.2, -0.15) is 5.10 Å². The monoisotopic (exact) mass is 312 g/mol. The lowest BCUT2D eigenvalue weighted by Crippen LogP contribution is -2.24. The van der Waals surface area contributed by atoms with E-state index in [1.807, 2.05) is 36.1 Å². The van der Waals surface area contributed by atoms with Crippen LogP contribution in [0.15, 0.2) is 36.7 Å². The van der Waals surface area contributed by atoms with E-state index >= 15 is 0 Å². The van der Waals surface area contributed by atoms with E-state index in [2.05, 4.69) is 22.3 Å². The van der Waals surface area contributed by atoms with Gasteiger partial charge in [-0.3, -0.25) is 14.4 Å². The molecule has 2 heterocycles. The minimum atomic E-state index is 0.0529. The second kappa shape index (κ2) is 6.54. The predicted molar refractivity (Wildman–Crippen MR) is 90.1 cm³/mol. The van der Waals surface area contributed by atoms with Crippen LogP contribution in [0, 0.1) is 0 Å². The van der Waals surface area contributed by atoms with Crippen molar-refractivity contribution in [1.82, 2.24) is 19.6 Å². The van der Waals surface area contributed by atoms with Crippen molar-refractivity contribution in [2.75, 3.05) is 20.6 Å². The zero-order chi connectivity index (χ0) is 16.4. The normalized spacial score (nSPS) is 18.3. The van der Waals surface area contributed by atoms with Crippen molar-refractivity contribution in [2.45, 2.75) is 25.4 Å². The summed E-state index contributed by atoms with van der Waals surface area (Å²) in [5.74, 6) is 0.0529. The second-order valence-corrected chi connectivity index (χ2v) is 6.48. The van der Waals surface area contributed by atoms with Crippen LogP contribution >= 0.6 is 0 Å². The Balaban J connectivity index is 1.76. The highest BCUT2D eigenvalue weighted by atomic mass is 16.2. The molecule has 1 saturated heterocycles. The Morgan fingerprint density at radius 2 is 2.22 bits per heavy atom. The molecule has 0 aliphatic carbocycles. The van der Waals surface area contributed by atoms with Gasteiger partial charge in [0.05, 0.1) is 6.20 Å². The first-order valence-electron chi connectivity index (χ1n) is 8.08. The number of hydrogen-bond acceptors (Lipinski definition) is 3. The summed E-state index contributed by atoms with van der Waals surface area (Å²) >= 11 is 0. The Labute approximate surface area is 137 Å². The quantitative estimate of drug-likeness (QED) is 0.871. The number of nitrogens with zero attached hydrogens (tertiary/aromatic N) is 4. The molecule has 1 unspecified atom stereocenters. The van der Waals surface area contributed by atoms with Gasteiger partial charge >= 0.3 is 0 Å². The number of rotatable bonds is 4. The third-order valence-corrected chi connectivity index (χ3v) is 4.44. The first-order chi connectivity index (χ1) is 11.0. The van der Waals surface area contributed by atoms with E-state index in [4.69, 9.17) is 0 Å². The molecule has 122 valence electrons. The molecule has 2 aromatic rings. The molecule has 0 N–H and O–H groups in total. The second-order valence-electron chi connectivity index (χ2n) is 6.48. The molecule has 5 nitrogen and oxygen atoms in total. The number of benzene rings is 1. The Kier molecular flexibility index (Phi) is 4.48. The van der Waals surface area contributed by atoms with Gasteiger partial charge < -0.3 is 4.90 Å². The predicted octanol–water partition coefficient (Wildman–Crippen LogP) is 2.46. The fourth-order valence-electron chi connectivity index (χ4n) is 3.30. The Morgan fingerprint density at radius 1 is 1.39 bits per heavy atom. The van der Waals surface area contributed by atoms with Gasteiger partial charge in [0.1, 0.15) is 0 Å². The zero-order valence-corrected chi connectivity index (χ0v) is 14.1. The topological polar surface area (TPSA) is 41.4 Å². The highest BCUT2D eigenvalue weighted by Crippen LogP contribution is 2.32. The van der Waals surface area contributed by atoms with Crippen molar-refractivity contribution < 1.29 is 4.79 Å². The standard InChI is InChI=1S/C18H24N4O/c1-20(2)18(23)15-7-4-6-14(10-15)12-22-9-5-8-17(22)16-11-19-21(3)13-16/h4,6-7,10-11,13,17H,5,8-9,12H2,1-3H3. The molecule has 1 aromatic heterocycles. The van der Waals surface area contributed by atoms with E-state index in [0.717, 1.165) is 18.7 Å². The van der Waals surface area contributed by atoms with Crippen LogP contribution in [0.2, 0.25) is 0 Å². The lowest BCUT2D eigenvalue weighted by Gasteiger charge is -2.24. The largest absolute Gasteiger partial charge is 0.345 e. The van der Waals surface area contributed by atoms with Gasteiger partial charge in [-0.1, -0.05) is 12.1 Å². The third kappa shape index (κ3) is 3.45. The molecule has 0 radical (unpaired) electrons. The number of carbonyl (C=O) groups excluding carboxylic acids is 1. The average molecular weight is 312 g/mol. The van der Waals surface area contributed by atoms with Crippen molar-refractivity contribution in [3.05, 3.63) is 53.3 Å². The molecular formula is C18H24N4O. The van der Waals surface area contributed by atoms with E-state index in [0.29, 0.717) is 6.04 Å². The van der Waals surface area contributed by atoms with Gasteiger partial charge in [0.15, 0.2) is 0 Å². The SMILES string of the molecule is CN(C)C(=O)c1cccc(CN2CCCC2c2cnn(C)c2)c1. The molecule has 5 heteroatoms. The van der Waals surface area contributed by atoms with Gasteiger partial charge in [-0.15, -0.1) is 0 Å². The summed E-state index contributed by atoms with van der Waals surface area (Å²) in [6.07, 6.45) is 6.45. The Hall–Kier alpha value is -2.14. The number of aromatic nitrogens is 2. The van der Waals surface area contributed by atoms with Crippen LogP contribution in [0.3, 0.4) is 0 Å². The van der Waals surface area contributed by atoms with Crippen LogP contribution in [0.25, 0.3) is 0 Å². The highest BCUT2D eigenvalue weighted by molar-refractivity contribution is 5.94. The van der Waals surface area contributed by atoms with Gasteiger partial charge in [-0.25, -0.2) is 0 Å². The summed E-state index contributed by atoms with van der Waals surface area (Å²) in [5.41, 5.74) is 3.23. The van der Waals surface area contributed by atoms with Crippen molar-refractivity contribution in [3.8, 4) is 0 Å². The van der Waals surface area contributed by atoms with Crippen molar-refractivity contribution in [2.24, 2.45) is 7.05 Å². The van der Waals surface area contributed by atoms with E-state index in [1.54, 1.807) is 19.0 Å². The van der Waals surface area contributed by atoms with Gasteiger partial charge in [0.2, 0.25) is 0 Å². The maximum absolute atomic E-state index is 12.1. The molecule has 0 spiro atoms. The maximum Gasteiger partial charge on any atom is 0.253 e. The minimum absolute atomic E-state index is 0.0529. The Bertz CT molecular complexity index is 692. The molecule has 1 atom stereocenters. The summed E-state index contributed by atoms with van der Waals surface area (Å²) in [4.78, 5) is 16.2. The number of hydrogen-bond donors (Lipinski definition) is 0. The van der Waals surface area contributed by atoms with E-state index in [-0.39, 0.29) is 5.91 Å². The first-order valence-corrected chi connectivity index (χ1v) is 8.08. The van der Waals surface area contributed by atoms with E-state index in [9.17, 15) is 4.79 Å². The van der Waals surface area contributed by atoms with Crippen LogP contribution < -0.4 is 0 Å². The number of amides is 1. The summed E-state index contributed by atoms with van der Waals surface area (Å²) in [6, 6.07) is 8.40. The summed E-state index contributed by atoms with van der Waals surface area (Å²) in [7, 11) is 5.53. The molecule has 1 aliphatic heterocycles. The van der Waals surface area contributed by atoms with Crippen LogP contribution in [0.5, 0.6) is 0 Å². The number of carbonyl (C=O) groups is 1. The van der Waals surface area contributed by atoms with E-state index < -0.39 is 0 Å². The lowest BCUT2D eigenvalue weighted by atomic mass is 10.1. The average Bonchev–Trinajstić information content (AvgIpc) is 3.15. The van der Waals surface area contributed by atoms with Crippen LogP contribution in [-0.2, 0) is 13.6 Å². The smallest absolute Gasteiger partial charge is 0.253 e.